The van der Waals surface area contributed by atoms with Gasteiger partial charge in [-0.2, -0.15) is 0 Å². The lowest BCUT2D eigenvalue weighted by molar-refractivity contribution is -0.140. The van der Waals surface area contributed by atoms with Crippen LogP contribution in [0.15, 0.2) is 18.2 Å². The van der Waals surface area contributed by atoms with Crippen LogP contribution in [-0.2, 0) is 33.6 Å². The molecule has 1 unspecified atom stereocenters. The molecule has 1 aliphatic carbocycles. The lowest BCUT2D eigenvalue weighted by Gasteiger charge is -2.36. The second-order valence-electron chi connectivity index (χ2n) is 7.50. The van der Waals surface area contributed by atoms with Crippen molar-refractivity contribution in [2.45, 2.75) is 44.6 Å². The highest BCUT2D eigenvalue weighted by atomic mass is 16.2. The minimum Gasteiger partial charge on any atom is -0.344 e. The number of benzene rings is 1. The Morgan fingerprint density at radius 2 is 1.73 bits per heavy atom. The van der Waals surface area contributed by atoms with Crippen LogP contribution in [0.3, 0.4) is 0 Å². The average Bonchev–Trinajstić information content (AvgIpc) is 3.29. The molecule has 1 N–H and O–H groups in total. The van der Waals surface area contributed by atoms with Crippen molar-refractivity contribution >= 4 is 17.7 Å². The smallest absolute Gasteiger partial charge is 0.245 e. The van der Waals surface area contributed by atoms with E-state index in [-0.39, 0.29) is 23.8 Å². The number of carbonyl (C=O) groups is 3. The SMILES string of the molecule is O=C1CCC(C(=O)N2CCN(C(=O)Cc3ccc4c(c3)CCC4)CC2)N1. The monoisotopic (exact) mass is 355 g/mol. The van der Waals surface area contributed by atoms with Gasteiger partial charge in [0.1, 0.15) is 6.04 Å². The number of fused-ring (bicyclic) bond motifs is 1. The minimum absolute atomic E-state index is 0.0124. The van der Waals surface area contributed by atoms with Crippen molar-refractivity contribution in [1.82, 2.24) is 15.1 Å². The largest absolute Gasteiger partial charge is 0.344 e. The zero-order chi connectivity index (χ0) is 18.1. The standard InChI is InChI=1S/C20H25N3O3/c24-18-7-6-17(21-18)20(26)23-10-8-22(9-11-23)19(25)13-14-4-5-15-2-1-3-16(15)12-14/h4-5,12,17H,1-3,6-11,13H2,(H,21,24). The fraction of sp³-hybridized carbons (Fsp3) is 0.550. The first-order chi connectivity index (χ1) is 12.6. The number of amides is 3. The summed E-state index contributed by atoms with van der Waals surface area (Å²) < 4.78 is 0. The normalized spacial score (nSPS) is 22.3. The van der Waals surface area contributed by atoms with E-state index in [1.165, 1.54) is 17.5 Å². The maximum atomic E-state index is 12.6. The van der Waals surface area contributed by atoms with Gasteiger partial charge in [0.25, 0.3) is 0 Å². The number of hydrogen-bond acceptors (Lipinski definition) is 3. The maximum Gasteiger partial charge on any atom is 0.245 e. The van der Waals surface area contributed by atoms with Gasteiger partial charge in [-0.15, -0.1) is 0 Å². The molecule has 1 atom stereocenters. The van der Waals surface area contributed by atoms with Gasteiger partial charge in [-0.05, 0) is 42.4 Å². The van der Waals surface area contributed by atoms with Gasteiger partial charge < -0.3 is 15.1 Å². The van der Waals surface area contributed by atoms with Gasteiger partial charge in [0.05, 0.1) is 6.42 Å². The molecular weight excluding hydrogens is 330 g/mol. The first kappa shape index (κ1) is 17.1. The lowest BCUT2D eigenvalue weighted by atomic mass is 10.0. The molecule has 6 heteroatoms. The van der Waals surface area contributed by atoms with Crippen molar-refractivity contribution in [2.24, 2.45) is 0 Å². The van der Waals surface area contributed by atoms with Crippen LogP contribution in [0.2, 0.25) is 0 Å². The molecule has 0 bridgehead atoms. The van der Waals surface area contributed by atoms with Crippen molar-refractivity contribution in [2.75, 3.05) is 26.2 Å². The van der Waals surface area contributed by atoms with Crippen molar-refractivity contribution in [3.63, 3.8) is 0 Å². The molecule has 2 aliphatic heterocycles. The van der Waals surface area contributed by atoms with E-state index in [0.29, 0.717) is 45.4 Å². The second kappa shape index (κ2) is 7.09. The van der Waals surface area contributed by atoms with E-state index in [1.807, 2.05) is 4.90 Å². The predicted molar refractivity (Wildman–Crippen MR) is 96.5 cm³/mol. The van der Waals surface area contributed by atoms with Gasteiger partial charge in [0.15, 0.2) is 0 Å². The van der Waals surface area contributed by atoms with E-state index in [0.717, 1.165) is 18.4 Å². The third-order valence-corrected chi connectivity index (χ3v) is 5.76. The Morgan fingerprint density at radius 3 is 2.46 bits per heavy atom. The summed E-state index contributed by atoms with van der Waals surface area (Å²) in [6.45, 7) is 2.22. The van der Waals surface area contributed by atoms with Crippen molar-refractivity contribution in [3.8, 4) is 0 Å². The van der Waals surface area contributed by atoms with Crippen LogP contribution in [-0.4, -0.2) is 59.7 Å². The molecule has 26 heavy (non-hydrogen) atoms. The van der Waals surface area contributed by atoms with E-state index in [9.17, 15) is 14.4 Å². The molecule has 2 saturated heterocycles. The molecule has 3 amide bonds. The fourth-order valence-electron chi connectivity index (χ4n) is 4.22. The van der Waals surface area contributed by atoms with Crippen molar-refractivity contribution in [3.05, 3.63) is 34.9 Å². The number of rotatable bonds is 3. The van der Waals surface area contributed by atoms with Gasteiger partial charge in [-0.1, -0.05) is 18.2 Å². The molecule has 2 heterocycles. The molecule has 0 radical (unpaired) electrons. The zero-order valence-electron chi connectivity index (χ0n) is 15.0. The minimum atomic E-state index is -0.379. The van der Waals surface area contributed by atoms with Gasteiger partial charge in [0.2, 0.25) is 17.7 Å². The highest BCUT2D eigenvalue weighted by molar-refractivity contribution is 5.91. The molecular formula is C20H25N3O3. The lowest BCUT2D eigenvalue weighted by Crippen LogP contribution is -2.54. The number of aryl methyl sites for hydroxylation is 2. The molecule has 1 aromatic carbocycles. The Kier molecular flexibility index (Phi) is 4.66. The topological polar surface area (TPSA) is 69.7 Å². The Balaban J connectivity index is 1.29. The first-order valence-electron chi connectivity index (χ1n) is 9.57. The van der Waals surface area contributed by atoms with E-state index in [1.54, 1.807) is 4.90 Å². The van der Waals surface area contributed by atoms with E-state index >= 15 is 0 Å². The number of nitrogens with one attached hydrogen (secondary N) is 1. The van der Waals surface area contributed by atoms with Crippen molar-refractivity contribution < 1.29 is 14.4 Å². The van der Waals surface area contributed by atoms with Gasteiger partial charge in [0, 0.05) is 32.6 Å². The Hall–Kier alpha value is -2.37. The molecule has 0 saturated carbocycles. The molecule has 138 valence electrons. The summed E-state index contributed by atoms with van der Waals surface area (Å²) in [5.74, 6) is 0.0669. The summed E-state index contributed by atoms with van der Waals surface area (Å²) >= 11 is 0. The number of hydrogen-bond donors (Lipinski definition) is 1. The highest BCUT2D eigenvalue weighted by Gasteiger charge is 2.33. The van der Waals surface area contributed by atoms with Crippen LogP contribution in [0.25, 0.3) is 0 Å². The summed E-state index contributed by atoms with van der Waals surface area (Å²) in [5.41, 5.74) is 3.90. The Morgan fingerprint density at radius 1 is 1.00 bits per heavy atom. The summed E-state index contributed by atoms with van der Waals surface area (Å²) in [6.07, 6.45) is 4.92. The third kappa shape index (κ3) is 3.45. The van der Waals surface area contributed by atoms with Crippen LogP contribution in [0, 0.1) is 0 Å². The van der Waals surface area contributed by atoms with Crippen molar-refractivity contribution in [1.29, 1.82) is 0 Å². The molecule has 6 nitrogen and oxygen atoms in total. The van der Waals surface area contributed by atoms with E-state index < -0.39 is 0 Å². The molecule has 1 aromatic rings. The quantitative estimate of drug-likeness (QED) is 0.866. The van der Waals surface area contributed by atoms with E-state index in [2.05, 4.69) is 23.5 Å². The second-order valence-corrected chi connectivity index (χ2v) is 7.50. The van der Waals surface area contributed by atoms with Crippen LogP contribution >= 0.6 is 0 Å². The molecule has 4 rings (SSSR count). The maximum absolute atomic E-state index is 12.6. The highest BCUT2D eigenvalue weighted by Crippen LogP contribution is 2.23. The van der Waals surface area contributed by atoms with Gasteiger partial charge in [-0.3, -0.25) is 14.4 Å². The number of piperazine rings is 1. The predicted octanol–water partition coefficient (Wildman–Crippen LogP) is 0.667. The Bertz CT molecular complexity index is 738. The van der Waals surface area contributed by atoms with Gasteiger partial charge in [-0.25, -0.2) is 0 Å². The van der Waals surface area contributed by atoms with Crippen LogP contribution in [0.1, 0.15) is 36.0 Å². The molecule has 0 spiro atoms. The third-order valence-electron chi connectivity index (χ3n) is 5.76. The fourth-order valence-corrected chi connectivity index (χ4v) is 4.22. The number of carbonyl (C=O) groups excluding carboxylic acids is 3. The Labute approximate surface area is 153 Å². The summed E-state index contributed by atoms with van der Waals surface area (Å²) in [4.78, 5) is 40.0. The summed E-state index contributed by atoms with van der Waals surface area (Å²) in [6, 6.07) is 6.04. The molecule has 0 aromatic heterocycles. The van der Waals surface area contributed by atoms with Crippen LogP contribution in [0.4, 0.5) is 0 Å². The zero-order valence-corrected chi connectivity index (χ0v) is 15.0. The average molecular weight is 355 g/mol. The summed E-state index contributed by atoms with van der Waals surface area (Å²) in [5, 5.41) is 2.73. The van der Waals surface area contributed by atoms with Gasteiger partial charge >= 0.3 is 0 Å². The van der Waals surface area contributed by atoms with Crippen LogP contribution in [0.5, 0.6) is 0 Å². The first-order valence-corrected chi connectivity index (χ1v) is 9.57. The molecule has 2 fully saturated rings. The number of nitrogens with zero attached hydrogens (tertiary/aromatic N) is 2. The molecule has 3 aliphatic rings. The van der Waals surface area contributed by atoms with Crippen LogP contribution < -0.4 is 5.32 Å². The van der Waals surface area contributed by atoms with E-state index in [4.69, 9.17) is 0 Å². The summed E-state index contributed by atoms with van der Waals surface area (Å²) in [7, 11) is 0.